The number of rotatable bonds is 5. The average Bonchev–Trinajstić information content (AvgIpc) is 3.02. The van der Waals surface area contributed by atoms with Crippen molar-refractivity contribution in [3.63, 3.8) is 0 Å². The van der Waals surface area contributed by atoms with Crippen molar-refractivity contribution in [3.8, 4) is 0 Å². The molecule has 3 N–H and O–H groups in total. The second kappa shape index (κ2) is 6.72. The lowest BCUT2D eigenvalue weighted by Gasteiger charge is -2.28. The number of ether oxygens (including phenoxy) is 1. The maximum atomic E-state index is 12.6. The second-order valence-electron chi connectivity index (χ2n) is 5.53. The molecule has 5 nitrogen and oxygen atoms in total. The predicted octanol–water partition coefficient (Wildman–Crippen LogP) is 1.54. The van der Waals surface area contributed by atoms with Crippen molar-refractivity contribution >= 4 is 11.9 Å². The van der Waals surface area contributed by atoms with Gasteiger partial charge in [-0.25, -0.2) is 4.79 Å². The Morgan fingerprint density at radius 2 is 1.90 bits per heavy atom. The predicted molar refractivity (Wildman–Crippen MR) is 79.3 cm³/mol. The molecule has 0 bridgehead atoms. The maximum absolute atomic E-state index is 12.6. The van der Waals surface area contributed by atoms with Gasteiger partial charge in [0.2, 0.25) is 5.91 Å². The van der Waals surface area contributed by atoms with Gasteiger partial charge in [-0.1, -0.05) is 43.2 Å². The molecule has 1 amide bonds. The molecule has 2 rings (SSSR count). The SMILES string of the molecule is COC(=O)C(NC(=O)C1(CN)CCCC1)c1ccccc1. The highest BCUT2D eigenvalue weighted by molar-refractivity contribution is 5.89. The first-order valence-electron chi connectivity index (χ1n) is 7.27. The molecule has 1 unspecified atom stereocenters. The minimum Gasteiger partial charge on any atom is -0.467 e. The summed E-state index contributed by atoms with van der Waals surface area (Å²) >= 11 is 0. The molecule has 5 heteroatoms. The lowest BCUT2D eigenvalue weighted by molar-refractivity contribution is -0.146. The summed E-state index contributed by atoms with van der Waals surface area (Å²) in [7, 11) is 1.32. The molecule has 0 spiro atoms. The maximum Gasteiger partial charge on any atom is 0.333 e. The number of nitrogens with two attached hydrogens (primary N) is 1. The summed E-state index contributed by atoms with van der Waals surface area (Å²) in [4.78, 5) is 24.6. The Morgan fingerprint density at radius 3 is 2.43 bits per heavy atom. The molecule has 1 fully saturated rings. The summed E-state index contributed by atoms with van der Waals surface area (Å²) < 4.78 is 4.81. The Hall–Kier alpha value is -1.88. The summed E-state index contributed by atoms with van der Waals surface area (Å²) in [6.45, 7) is 0.307. The number of hydrogen-bond acceptors (Lipinski definition) is 4. The molecule has 1 aromatic rings. The largest absolute Gasteiger partial charge is 0.467 e. The molecular formula is C16H22N2O3. The summed E-state index contributed by atoms with van der Waals surface area (Å²) in [5, 5.41) is 2.82. The van der Waals surface area contributed by atoms with Crippen LogP contribution in [0.4, 0.5) is 0 Å². The van der Waals surface area contributed by atoms with E-state index in [1.807, 2.05) is 18.2 Å². The minimum absolute atomic E-state index is 0.151. The monoisotopic (exact) mass is 290 g/mol. The second-order valence-corrected chi connectivity index (χ2v) is 5.53. The van der Waals surface area contributed by atoms with Crippen molar-refractivity contribution in [2.24, 2.45) is 11.1 Å². The topological polar surface area (TPSA) is 81.4 Å². The summed E-state index contributed by atoms with van der Waals surface area (Å²) in [6.07, 6.45) is 3.55. The first-order chi connectivity index (χ1) is 10.1. The van der Waals surface area contributed by atoms with Gasteiger partial charge in [0.05, 0.1) is 12.5 Å². The van der Waals surface area contributed by atoms with Crippen LogP contribution in [-0.2, 0) is 14.3 Å². The Bertz CT molecular complexity index is 496. The number of carbonyl (C=O) groups excluding carboxylic acids is 2. The molecule has 21 heavy (non-hydrogen) atoms. The molecule has 0 aliphatic heterocycles. The molecule has 1 aliphatic rings. The zero-order valence-corrected chi connectivity index (χ0v) is 12.3. The molecule has 0 heterocycles. The molecule has 1 atom stereocenters. The fourth-order valence-corrected chi connectivity index (χ4v) is 2.90. The third-order valence-electron chi connectivity index (χ3n) is 4.28. The van der Waals surface area contributed by atoms with E-state index in [0.29, 0.717) is 12.1 Å². The van der Waals surface area contributed by atoms with Crippen LogP contribution in [0.5, 0.6) is 0 Å². The lowest BCUT2D eigenvalue weighted by atomic mass is 9.85. The van der Waals surface area contributed by atoms with Crippen LogP contribution in [-0.4, -0.2) is 25.5 Å². The van der Waals surface area contributed by atoms with Crippen LogP contribution < -0.4 is 11.1 Å². The summed E-state index contributed by atoms with van der Waals surface area (Å²) in [5.74, 6) is -0.624. The van der Waals surface area contributed by atoms with E-state index in [1.165, 1.54) is 7.11 Å². The molecule has 1 aromatic carbocycles. The van der Waals surface area contributed by atoms with Gasteiger partial charge < -0.3 is 15.8 Å². The first kappa shape index (κ1) is 15.5. The van der Waals surface area contributed by atoms with Crippen molar-refractivity contribution in [2.75, 3.05) is 13.7 Å². The number of benzene rings is 1. The Kier molecular flexibility index (Phi) is 4.96. The molecule has 0 saturated heterocycles. The number of esters is 1. The van der Waals surface area contributed by atoms with Crippen LogP contribution in [0.15, 0.2) is 30.3 Å². The van der Waals surface area contributed by atoms with Crippen LogP contribution >= 0.6 is 0 Å². The Morgan fingerprint density at radius 1 is 1.29 bits per heavy atom. The first-order valence-corrected chi connectivity index (χ1v) is 7.27. The Labute approximate surface area is 124 Å². The van der Waals surface area contributed by atoms with Crippen molar-refractivity contribution in [3.05, 3.63) is 35.9 Å². The number of amides is 1. The highest BCUT2D eigenvalue weighted by atomic mass is 16.5. The van der Waals surface area contributed by atoms with Crippen molar-refractivity contribution in [2.45, 2.75) is 31.7 Å². The molecule has 0 aromatic heterocycles. The van der Waals surface area contributed by atoms with Crippen molar-refractivity contribution in [1.29, 1.82) is 0 Å². The minimum atomic E-state index is -0.785. The third kappa shape index (κ3) is 3.24. The molecular weight excluding hydrogens is 268 g/mol. The van der Waals surface area contributed by atoms with Gasteiger partial charge in [0.15, 0.2) is 6.04 Å². The standard InChI is InChI=1S/C16H22N2O3/c1-21-14(19)13(12-7-3-2-4-8-12)18-15(20)16(11-17)9-5-6-10-16/h2-4,7-8,13H,5-6,9-11,17H2,1H3,(H,18,20). The number of carbonyl (C=O) groups is 2. The van der Waals surface area contributed by atoms with Crippen molar-refractivity contribution < 1.29 is 14.3 Å². The smallest absolute Gasteiger partial charge is 0.333 e. The van der Waals surface area contributed by atoms with Gasteiger partial charge in [-0.2, -0.15) is 0 Å². The fourth-order valence-electron chi connectivity index (χ4n) is 2.90. The number of nitrogens with one attached hydrogen (secondary N) is 1. The van der Waals surface area contributed by atoms with E-state index in [1.54, 1.807) is 12.1 Å². The van der Waals surface area contributed by atoms with Gasteiger partial charge in [0, 0.05) is 6.54 Å². The molecule has 0 radical (unpaired) electrons. The van der Waals surface area contributed by atoms with Gasteiger partial charge in [-0.3, -0.25) is 4.79 Å². The lowest BCUT2D eigenvalue weighted by Crippen LogP contribution is -2.47. The quantitative estimate of drug-likeness (QED) is 0.806. The average molecular weight is 290 g/mol. The van der Waals surface area contributed by atoms with Gasteiger partial charge in [-0.05, 0) is 18.4 Å². The normalized spacial score (nSPS) is 18.0. The van der Waals surface area contributed by atoms with Gasteiger partial charge in [-0.15, -0.1) is 0 Å². The van der Waals surface area contributed by atoms with Crippen LogP contribution in [0.1, 0.15) is 37.3 Å². The van der Waals surface area contributed by atoms with Crippen LogP contribution in [0.2, 0.25) is 0 Å². The molecule has 114 valence electrons. The van der Waals surface area contributed by atoms with E-state index in [-0.39, 0.29) is 5.91 Å². The van der Waals surface area contributed by atoms with Gasteiger partial charge >= 0.3 is 5.97 Å². The van der Waals surface area contributed by atoms with E-state index < -0.39 is 17.4 Å². The van der Waals surface area contributed by atoms with E-state index >= 15 is 0 Å². The van der Waals surface area contributed by atoms with E-state index in [0.717, 1.165) is 25.7 Å². The van der Waals surface area contributed by atoms with Crippen LogP contribution in [0, 0.1) is 5.41 Å². The summed E-state index contributed by atoms with van der Waals surface area (Å²) in [5.41, 5.74) is 5.99. The Balaban J connectivity index is 2.19. The molecule has 1 saturated carbocycles. The number of hydrogen-bond donors (Lipinski definition) is 2. The molecule has 1 aliphatic carbocycles. The van der Waals surface area contributed by atoms with Gasteiger partial charge in [0.1, 0.15) is 0 Å². The fraction of sp³-hybridized carbons (Fsp3) is 0.500. The summed E-state index contributed by atoms with van der Waals surface area (Å²) in [6, 6.07) is 8.32. The van der Waals surface area contributed by atoms with Crippen molar-refractivity contribution in [1.82, 2.24) is 5.32 Å². The highest BCUT2D eigenvalue weighted by Crippen LogP contribution is 2.37. The van der Waals surface area contributed by atoms with Crippen LogP contribution in [0.25, 0.3) is 0 Å². The zero-order chi connectivity index (χ0) is 15.3. The number of methoxy groups -OCH3 is 1. The third-order valence-corrected chi connectivity index (χ3v) is 4.28. The van der Waals surface area contributed by atoms with E-state index in [2.05, 4.69) is 5.32 Å². The van der Waals surface area contributed by atoms with E-state index in [9.17, 15) is 9.59 Å². The van der Waals surface area contributed by atoms with Gasteiger partial charge in [0.25, 0.3) is 0 Å². The highest BCUT2D eigenvalue weighted by Gasteiger charge is 2.41. The van der Waals surface area contributed by atoms with Crippen LogP contribution in [0.3, 0.4) is 0 Å². The van der Waals surface area contributed by atoms with E-state index in [4.69, 9.17) is 10.5 Å². The zero-order valence-electron chi connectivity index (χ0n) is 12.3.